The number of fused-ring (bicyclic) bond motifs is 7. The van der Waals surface area contributed by atoms with Crippen LogP contribution in [0.4, 0.5) is 5.82 Å². The van der Waals surface area contributed by atoms with E-state index in [1.165, 1.54) is 59.9 Å². The number of piperazine rings is 1. The summed E-state index contributed by atoms with van der Waals surface area (Å²) >= 11 is 0. The number of hydrogen-bond acceptors (Lipinski definition) is 6. The van der Waals surface area contributed by atoms with Gasteiger partial charge in [0.25, 0.3) is 0 Å². The lowest BCUT2D eigenvalue weighted by atomic mass is 9.81. The number of anilines is 1. The van der Waals surface area contributed by atoms with E-state index in [-0.39, 0.29) is 17.6 Å². The molecule has 0 radical (unpaired) electrons. The van der Waals surface area contributed by atoms with Gasteiger partial charge in [0.1, 0.15) is 11.6 Å². The quantitative estimate of drug-likeness (QED) is 0.258. The van der Waals surface area contributed by atoms with Gasteiger partial charge in [0.05, 0.1) is 24.4 Å². The number of aromatic nitrogens is 3. The number of amides is 1. The van der Waals surface area contributed by atoms with Gasteiger partial charge in [-0.05, 0) is 67.5 Å². The number of hydrogen-bond donors (Lipinski definition) is 0. The smallest absolute Gasteiger partial charge is 0.231 e. The minimum Gasteiger partial charge on any atom is -0.497 e. The second-order valence-corrected chi connectivity index (χ2v) is 13.2. The molecule has 0 N–H and O–H groups in total. The van der Waals surface area contributed by atoms with Gasteiger partial charge >= 0.3 is 0 Å². The molecule has 2 aromatic heterocycles. The van der Waals surface area contributed by atoms with Crippen LogP contribution in [0.2, 0.25) is 0 Å². The fourth-order valence-corrected chi connectivity index (χ4v) is 8.41. The maximum absolute atomic E-state index is 14.7. The Balaban J connectivity index is 1.25. The molecule has 2 aliphatic carbocycles. The van der Waals surface area contributed by atoms with Crippen molar-refractivity contribution in [3.63, 3.8) is 0 Å². The van der Waals surface area contributed by atoms with Crippen molar-refractivity contribution in [3.05, 3.63) is 71.7 Å². The van der Waals surface area contributed by atoms with Crippen molar-refractivity contribution in [2.45, 2.75) is 63.8 Å². The van der Waals surface area contributed by atoms with E-state index in [2.05, 4.69) is 54.7 Å². The molecular weight excluding hydrogens is 550 g/mol. The average molecular weight is 590 g/mol. The van der Waals surface area contributed by atoms with Gasteiger partial charge in [0, 0.05) is 73.1 Å². The third-order valence-electron chi connectivity index (χ3n) is 10.8. The van der Waals surface area contributed by atoms with Crippen LogP contribution in [0.15, 0.2) is 55.0 Å². The largest absolute Gasteiger partial charge is 0.497 e. The van der Waals surface area contributed by atoms with Gasteiger partial charge in [-0.3, -0.25) is 14.6 Å². The lowest BCUT2D eigenvalue weighted by Gasteiger charge is -2.37. The predicted octanol–water partition coefficient (Wildman–Crippen LogP) is 6.19. The number of carbonyl (C=O) groups excluding carboxylic acids is 2. The Morgan fingerprint density at radius 1 is 0.977 bits per heavy atom. The van der Waals surface area contributed by atoms with Gasteiger partial charge in [-0.15, -0.1) is 0 Å². The van der Waals surface area contributed by atoms with E-state index in [4.69, 9.17) is 4.74 Å². The van der Waals surface area contributed by atoms with Crippen LogP contribution in [0.25, 0.3) is 22.2 Å². The van der Waals surface area contributed by atoms with Gasteiger partial charge in [-0.2, -0.15) is 0 Å². The Hall–Kier alpha value is -4.20. The normalized spacial score (nSPS) is 23.0. The molecule has 4 aliphatic rings. The summed E-state index contributed by atoms with van der Waals surface area (Å²) < 4.78 is 8.16. The number of nitrogens with zero attached hydrogens (tertiary/aromatic N) is 5. The highest BCUT2D eigenvalue weighted by atomic mass is 16.5. The summed E-state index contributed by atoms with van der Waals surface area (Å²) in [5.74, 6) is 2.59. The van der Waals surface area contributed by atoms with Gasteiger partial charge in [-0.25, -0.2) is 4.98 Å². The summed E-state index contributed by atoms with van der Waals surface area (Å²) in [6.45, 7) is 5.06. The molecule has 0 spiro atoms. The molecule has 2 aromatic carbocycles. The maximum Gasteiger partial charge on any atom is 0.231 e. The van der Waals surface area contributed by atoms with Crippen molar-refractivity contribution in [1.29, 1.82) is 0 Å². The highest BCUT2D eigenvalue weighted by Crippen LogP contribution is 2.66. The van der Waals surface area contributed by atoms with Crippen LogP contribution in [0.3, 0.4) is 0 Å². The Morgan fingerprint density at radius 2 is 1.80 bits per heavy atom. The highest BCUT2D eigenvalue weighted by molar-refractivity contribution is 6.01. The van der Waals surface area contributed by atoms with Gasteiger partial charge in [0.15, 0.2) is 5.78 Å². The molecule has 4 heterocycles. The summed E-state index contributed by atoms with van der Waals surface area (Å²) in [5, 5.41) is 1.23. The van der Waals surface area contributed by atoms with Gasteiger partial charge in [0.2, 0.25) is 5.91 Å². The van der Waals surface area contributed by atoms with E-state index in [0.29, 0.717) is 25.6 Å². The molecule has 2 atom stereocenters. The maximum atomic E-state index is 14.7. The van der Waals surface area contributed by atoms with Crippen LogP contribution in [0.5, 0.6) is 5.75 Å². The molecule has 0 bridgehead atoms. The standard InChI is InChI=1S/C36H39N5O3/c1-23(42)25-8-10-28-31(18-25)41-22-36(35(43)40-16-14-39(15-17-40)32-21-37-12-13-38-32)20-30(36)29-19-26(44-2)9-11-27(29)34(41)33(28)24-6-4-3-5-7-24/h8-13,18-19,21,24,30H,3-7,14-17,20,22H2,1-2H3. The molecule has 4 aromatic rings. The SMILES string of the molecule is COc1ccc2c(c1)C1CC1(C(=O)N1CCN(c3cnccn3)CC1)Cn1c-2c(C2CCCCC2)c2ccc(C(C)=O)cc21. The lowest BCUT2D eigenvalue weighted by molar-refractivity contribution is -0.138. The first-order valence-electron chi connectivity index (χ1n) is 16.1. The zero-order valence-electron chi connectivity index (χ0n) is 25.6. The first kappa shape index (κ1) is 27.4. The molecule has 8 rings (SSSR count). The van der Waals surface area contributed by atoms with Crippen LogP contribution in [0.1, 0.15) is 78.8 Å². The van der Waals surface area contributed by atoms with Gasteiger partial charge < -0.3 is 19.1 Å². The van der Waals surface area contributed by atoms with Crippen molar-refractivity contribution in [2.24, 2.45) is 5.41 Å². The topological polar surface area (TPSA) is 80.6 Å². The number of methoxy groups -OCH3 is 1. The number of Topliss-reactive ketones (excluding diaryl/α,β-unsaturated/α-hetero) is 1. The summed E-state index contributed by atoms with van der Waals surface area (Å²) in [7, 11) is 1.72. The molecule has 8 nitrogen and oxygen atoms in total. The van der Waals surface area contributed by atoms with Crippen LogP contribution in [-0.4, -0.2) is 64.4 Å². The van der Waals surface area contributed by atoms with Crippen LogP contribution < -0.4 is 9.64 Å². The van der Waals surface area contributed by atoms with E-state index in [1.807, 2.05) is 6.07 Å². The molecule has 1 saturated heterocycles. The van der Waals surface area contributed by atoms with E-state index in [9.17, 15) is 9.59 Å². The van der Waals surface area contributed by atoms with Crippen molar-refractivity contribution in [3.8, 4) is 17.0 Å². The van der Waals surface area contributed by atoms with E-state index in [0.717, 1.165) is 42.2 Å². The van der Waals surface area contributed by atoms with Crippen LogP contribution in [0, 0.1) is 5.41 Å². The highest BCUT2D eigenvalue weighted by Gasteiger charge is 2.64. The molecular formula is C36H39N5O3. The molecule has 3 fully saturated rings. The number of carbonyl (C=O) groups is 2. The number of rotatable bonds is 5. The fourth-order valence-electron chi connectivity index (χ4n) is 8.41. The van der Waals surface area contributed by atoms with Crippen molar-refractivity contribution < 1.29 is 14.3 Å². The zero-order chi connectivity index (χ0) is 30.0. The molecule has 1 amide bonds. The number of ketones is 1. The third kappa shape index (κ3) is 4.25. The average Bonchev–Trinajstić information content (AvgIpc) is 3.74. The summed E-state index contributed by atoms with van der Waals surface area (Å²) in [4.78, 5) is 40.3. The Morgan fingerprint density at radius 3 is 2.52 bits per heavy atom. The molecule has 2 aliphatic heterocycles. The summed E-state index contributed by atoms with van der Waals surface area (Å²) in [6.07, 6.45) is 12.1. The van der Waals surface area contributed by atoms with E-state index >= 15 is 0 Å². The molecule has 2 unspecified atom stereocenters. The van der Waals surface area contributed by atoms with Crippen LogP contribution >= 0.6 is 0 Å². The molecule has 2 saturated carbocycles. The Labute approximate surface area is 258 Å². The monoisotopic (exact) mass is 589 g/mol. The molecule has 8 heteroatoms. The number of benzene rings is 2. The van der Waals surface area contributed by atoms with Crippen molar-refractivity contribution >= 4 is 28.4 Å². The van der Waals surface area contributed by atoms with Crippen LogP contribution in [-0.2, 0) is 11.3 Å². The van der Waals surface area contributed by atoms with Crippen molar-refractivity contribution in [2.75, 3.05) is 38.2 Å². The Kier molecular flexibility index (Phi) is 6.50. The second-order valence-electron chi connectivity index (χ2n) is 13.2. The third-order valence-corrected chi connectivity index (χ3v) is 10.8. The fraction of sp³-hybridized carbons (Fsp3) is 0.444. The Bertz CT molecular complexity index is 1770. The summed E-state index contributed by atoms with van der Waals surface area (Å²) in [6, 6.07) is 12.7. The number of ether oxygens (including phenoxy) is 1. The first-order valence-corrected chi connectivity index (χ1v) is 16.1. The predicted molar refractivity (Wildman–Crippen MR) is 170 cm³/mol. The second kappa shape index (κ2) is 10.5. The van der Waals surface area contributed by atoms with Gasteiger partial charge in [-0.1, -0.05) is 31.4 Å². The molecule has 226 valence electrons. The minimum atomic E-state index is -0.525. The summed E-state index contributed by atoms with van der Waals surface area (Å²) in [5.41, 5.74) is 6.38. The zero-order valence-corrected chi connectivity index (χ0v) is 25.6. The van der Waals surface area contributed by atoms with E-state index < -0.39 is 5.41 Å². The molecule has 44 heavy (non-hydrogen) atoms. The minimum absolute atomic E-state index is 0.0662. The lowest BCUT2D eigenvalue weighted by Crippen LogP contribution is -2.51. The van der Waals surface area contributed by atoms with E-state index in [1.54, 1.807) is 32.6 Å². The van der Waals surface area contributed by atoms with Crippen molar-refractivity contribution in [1.82, 2.24) is 19.4 Å². The first-order chi connectivity index (χ1) is 21.5.